The lowest BCUT2D eigenvalue weighted by Crippen LogP contribution is -2.34. The number of nitrogens with one attached hydrogen (secondary N) is 2. The van der Waals surface area contributed by atoms with Crippen LogP contribution < -0.4 is 20.1 Å². The molecule has 0 saturated carbocycles. The first-order valence-corrected chi connectivity index (χ1v) is 9.62. The minimum atomic E-state index is -0.289. The highest BCUT2D eigenvalue weighted by atomic mass is 32.1. The molecule has 3 aromatic rings. The highest BCUT2D eigenvalue weighted by Crippen LogP contribution is 2.22. The molecule has 0 bridgehead atoms. The summed E-state index contributed by atoms with van der Waals surface area (Å²) < 4.78 is 11.3. The van der Waals surface area contributed by atoms with Crippen molar-refractivity contribution in [3.8, 4) is 17.2 Å². The molecule has 0 spiro atoms. The molecule has 0 fully saturated rings. The van der Waals surface area contributed by atoms with Crippen LogP contribution in [0.25, 0.3) is 0 Å². The van der Waals surface area contributed by atoms with Crippen molar-refractivity contribution in [3.63, 3.8) is 0 Å². The highest BCUT2D eigenvalue weighted by molar-refractivity contribution is 7.80. The van der Waals surface area contributed by atoms with E-state index in [-0.39, 0.29) is 17.1 Å². The third-order valence-corrected chi connectivity index (χ3v) is 4.01. The van der Waals surface area contributed by atoms with E-state index in [4.69, 9.17) is 21.7 Å². The number of hydrogen-bond acceptors (Lipinski definition) is 4. The molecule has 0 aliphatic rings. The molecule has 6 heteroatoms. The van der Waals surface area contributed by atoms with Gasteiger partial charge in [-0.2, -0.15) is 0 Å². The van der Waals surface area contributed by atoms with E-state index in [0.29, 0.717) is 11.3 Å². The van der Waals surface area contributed by atoms with Crippen molar-refractivity contribution < 1.29 is 14.3 Å². The summed E-state index contributed by atoms with van der Waals surface area (Å²) in [6.07, 6.45) is 0.0796. The van der Waals surface area contributed by atoms with E-state index < -0.39 is 0 Å². The Hall–Kier alpha value is -3.38. The molecular weight excluding hydrogens is 384 g/mol. The number of thiocarbonyl (C=S) groups is 1. The number of carbonyl (C=O) groups is 1. The van der Waals surface area contributed by atoms with Crippen LogP contribution in [0.3, 0.4) is 0 Å². The van der Waals surface area contributed by atoms with Gasteiger partial charge in [0.05, 0.1) is 6.10 Å². The van der Waals surface area contributed by atoms with E-state index in [1.807, 2.05) is 68.4 Å². The number of rotatable bonds is 6. The van der Waals surface area contributed by atoms with Crippen LogP contribution in [0.4, 0.5) is 5.69 Å². The lowest BCUT2D eigenvalue weighted by atomic mass is 10.2. The summed E-state index contributed by atoms with van der Waals surface area (Å²) in [4.78, 5) is 12.3. The molecule has 3 aromatic carbocycles. The fourth-order valence-electron chi connectivity index (χ4n) is 2.53. The first-order valence-electron chi connectivity index (χ1n) is 9.21. The lowest BCUT2D eigenvalue weighted by Gasteiger charge is -2.12. The average Bonchev–Trinajstić information content (AvgIpc) is 2.70. The average molecular weight is 407 g/mol. The second kappa shape index (κ2) is 9.71. The summed E-state index contributed by atoms with van der Waals surface area (Å²) >= 11 is 5.23. The molecule has 148 valence electrons. The molecule has 0 heterocycles. The van der Waals surface area contributed by atoms with Gasteiger partial charge in [0.1, 0.15) is 17.2 Å². The topological polar surface area (TPSA) is 59.6 Å². The number of carbonyl (C=O) groups excluding carboxylic acids is 1. The Labute approximate surface area is 175 Å². The molecule has 1 amide bonds. The standard InChI is InChI=1S/C23H22N2O3S/c1-16(2)27-20-12-8-17(9-13-20)22(26)25-23(29)24-18-10-14-21(15-11-18)28-19-6-4-3-5-7-19/h3-16H,1-2H3,(H2,24,25,26,29). The molecule has 0 saturated heterocycles. The molecule has 2 N–H and O–H groups in total. The van der Waals surface area contributed by atoms with Gasteiger partial charge in [-0.05, 0) is 86.7 Å². The van der Waals surface area contributed by atoms with Crippen molar-refractivity contribution >= 4 is 28.9 Å². The van der Waals surface area contributed by atoms with Crippen LogP contribution in [0.1, 0.15) is 24.2 Å². The highest BCUT2D eigenvalue weighted by Gasteiger charge is 2.09. The quantitative estimate of drug-likeness (QED) is 0.537. The van der Waals surface area contributed by atoms with Gasteiger partial charge in [0, 0.05) is 11.3 Å². The van der Waals surface area contributed by atoms with Crippen LogP contribution in [0.15, 0.2) is 78.9 Å². The molecule has 5 nitrogen and oxygen atoms in total. The zero-order chi connectivity index (χ0) is 20.6. The summed E-state index contributed by atoms with van der Waals surface area (Å²) in [5, 5.41) is 5.88. The largest absolute Gasteiger partial charge is 0.491 e. The van der Waals surface area contributed by atoms with Crippen LogP contribution >= 0.6 is 12.2 Å². The van der Waals surface area contributed by atoms with E-state index >= 15 is 0 Å². The summed E-state index contributed by atoms with van der Waals surface area (Å²) in [6, 6.07) is 23.8. The van der Waals surface area contributed by atoms with E-state index in [2.05, 4.69) is 10.6 Å². The van der Waals surface area contributed by atoms with Gasteiger partial charge in [0.2, 0.25) is 0 Å². The molecule has 0 atom stereocenters. The van der Waals surface area contributed by atoms with Crippen LogP contribution in [-0.2, 0) is 0 Å². The van der Waals surface area contributed by atoms with Crippen LogP contribution in [-0.4, -0.2) is 17.1 Å². The Kier molecular flexibility index (Phi) is 6.81. The van der Waals surface area contributed by atoms with Crippen LogP contribution in [0.5, 0.6) is 17.2 Å². The van der Waals surface area contributed by atoms with Gasteiger partial charge >= 0.3 is 0 Å². The third-order valence-electron chi connectivity index (χ3n) is 3.81. The normalized spacial score (nSPS) is 10.3. The molecular formula is C23H22N2O3S. The van der Waals surface area contributed by atoms with E-state index in [9.17, 15) is 4.79 Å². The maximum atomic E-state index is 12.3. The number of amides is 1. The molecule has 3 rings (SSSR count). The Morgan fingerprint density at radius 3 is 2.03 bits per heavy atom. The van der Waals surface area contributed by atoms with Gasteiger partial charge in [0.15, 0.2) is 5.11 Å². The third kappa shape index (κ3) is 6.33. The van der Waals surface area contributed by atoms with Crippen molar-refractivity contribution in [1.82, 2.24) is 5.32 Å². The van der Waals surface area contributed by atoms with Gasteiger partial charge in [-0.1, -0.05) is 18.2 Å². The van der Waals surface area contributed by atoms with Gasteiger partial charge in [-0.25, -0.2) is 0 Å². The fourth-order valence-corrected chi connectivity index (χ4v) is 2.74. The Morgan fingerprint density at radius 2 is 1.41 bits per heavy atom. The molecule has 29 heavy (non-hydrogen) atoms. The SMILES string of the molecule is CC(C)Oc1ccc(C(=O)NC(=S)Nc2ccc(Oc3ccccc3)cc2)cc1. The predicted octanol–water partition coefficient (Wildman–Crippen LogP) is 5.39. The monoisotopic (exact) mass is 406 g/mol. The van der Waals surface area contributed by atoms with Crippen molar-refractivity contribution in [2.45, 2.75) is 20.0 Å². The molecule has 0 aliphatic heterocycles. The van der Waals surface area contributed by atoms with Crippen molar-refractivity contribution in [2.24, 2.45) is 0 Å². The van der Waals surface area contributed by atoms with E-state index in [1.54, 1.807) is 24.3 Å². The van der Waals surface area contributed by atoms with Crippen molar-refractivity contribution in [1.29, 1.82) is 0 Å². The molecule has 0 unspecified atom stereocenters. The Morgan fingerprint density at radius 1 is 0.828 bits per heavy atom. The van der Waals surface area contributed by atoms with Crippen molar-refractivity contribution in [2.75, 3.05) is 5.32 Å². The Bertz CT molecular complexity index is 956. The number of hydrogen-bond donors (Lipinski definition) is 2. The summed E-state index contributed by atoms with van der Waals surface area (Å²) in [7, 11) is 0. The minimum Gasteiger partial charge on any atom is -0.491 e. The fraction of sp³-hybridized carbons (Fsp3) is 0.130. The van der Waals surface area contributed by atoms with Crippen LogP contribution in [0, 0.1) is 0 Å². The Balaban J connectivity index is 1.52. The second-order valence-corrected chi connectivity index (χ2v) is 6.95. The summed E-state index contributed by atoms with van der Waals surface area (Å²) in [6.45, 7) is 3.90. The summed E-state index contributed by atoms with van der Waals surface area (Å²) in [5.41, 5.74) is 1.24. The van der Waals surface area contributed by atoms with Crippen molar-refractivity contribution in [3.05, 3.63) is 84.4 Å². The lowest BCUT2D eigenvalue weighted by molar-refractivity contribution is 0.0977. The number of anilines is 1. The molecule has 0 aliphatic carbocycles. The minimum absolute atomic E-state index is 0.0796. The smallest absolute Gasteiger partial charge is 0.257 e. The number of para-hydroxylation sites is 1. The summed E-state index contributed by atoms with van der Waals surface area (Å²) in [5.74, 6) is 1.90. The van der Waals surface area contributed by atoms with Gasteiger partial charge in [-0.15, -0.1) is 0 Å². The van der Waals surface area contributed by atoms with Gasteiger partial charge in [0.25, 0.3) is 5.91 Å². The van der Waals surface area contributed by atoms with Crippen LogP contribution in [0.2, 0.25) is 0 Å². The maximum Gasteiger partial charge on any atom is 0.257 e. The first-order chi connectivity index (χ1) is 14.0. The zero-order valence-corrected chi connectivity index (χ0v) is 17.0. The van der Waals surface area contributed by atoms with Gasteiger partial charge < -0.3 is 14.8 Å². The molecule has 0 aromatic heterocycles. The van der Waals surface area contributed by atoms with E-state index in [0.717, 1.165) is 17.2 Å². The first kappa shape index (κ1) is 20.4. The predicted molar refractivity (Wildman–Crippen MR) is 119 cm³/mol. The van der Waals surface area contributed by atoms with Gasteiger partial charge in [-0.3, -0.25) is 10.1 Å². The number of ether oxygens (including phenoxy) is 2. The zero-order valence-electron chi connectivity index (χ0n) is 16.2. The maximum absolute atomic E-state index is 12.3. The number of benzene rings is 3. The van der Waals surface area contributed by atoms with E-state index in [1.165, 1.54) is 0 Å². The second-order valence-electron chi connectivity index (χ2n) is 6.54. The molecule has 0 radical (unpaired) electrons.